The lowest BCUT2D eigenvalue weighted by atomic mass is 9.93. The lowest BCUT2D eigenvalue weighted by Gasteiger charge is -2.23. The molecule has 0 spiro atoms. The van der Waals surface area contributed by atoms with Gasteiger partial charge in [0.1, 0.15) is 0 Å². The molecule has 0 fully saturated rings. The standard InChI is InChI=1S/C12H16N4S/c1-16-12-4-2-3-11(10(12)7-15-16)14-6-9-5-13-8-17-9/h5,7-8,11,14H,2-4,6H2,1H3. The van der Waals surface area contributed by atoms with Crippen molar-refractivity contribution in [1.29, 1.82) is 0 Å². The first-order chi connectivity index (χ1) is 8.34. The Kier molecular flexibility index (Phi) is 2.94. The first-order valence-corrected chi connectivity index (χ1v) is 6.84. The Balaban J connectivity index is 1.72. The Morgan fingerprint density at radius 1 is 1.53 bits per heavy atom. The third-order valence-corrected chi connectivity index (χ3v) is 4.16. The van der Waals surface area contributed by atoms with E-state index in [0.717, 1.165) is 13.0 Å². The van der Waals surface area contributed by atoms with Crippen LogP contribution >= 0.6 is 11.3 Å². The molecule has 0 saturated carbocycles. The number of rotatable bonds is 3. The Bertz CT molecular complexity index is 489. The lowest BCUT2D eigenvalue weighted by Crippen LogP contribution is -2.24. The molecule has 17 heavy (non-hydrogen) atoms. The van der Waals surface area contributed by atoms with Crippen molar-refractivity contribution in [3.05, 3.63) is 34.0 Å². The molecule has 0 aliphatic heterocycles. The Morgan fingerprint density at radius 3 is 3.29 bits per heavy atom. The molecule has 1 aliphatic rings. The molecule has 0 radical (unpaired) electrons. The van der Waals surface area contributed by atoms with Gasteiger partial charge in [-0.1, -0.05) is 0 Å². The highest BCUT2D eigenvalue weighted by Crippen LogP contribution is 2.29. The van der Waals surface area contributed by atoms with Crippen molar-refractivity contribution in [2.45, 2.75) is 31.8 Å². The maximum Gasteiger partial charge on any atom is 0.0794 e. The largest absolute Gasteiger partial charge is 0.305 e. The molecular weight excluding hydrogens is 232 g/mol. The van der Waals surface area contributed by atoms with Crippen LogP contribution in [0.25, 0.3) is 0 Å². The highest BCUT2D eigenvalue weighted by Gasteiger charge is 2.22. The van der Waals surface area contributed by atoms with Crippen molar-refractivity contribution in [3.8, 4) is 0 Å². The number of aromatic nitrogens is 3. The fourth-order valence-corrected chi connectivity index (χ4v) is 3.02. The van der Waals surface area contributed by atoms with E-state index >= 15 is 0 Å². The second-order valence-corrected chi connectivity index (χ2v) is 5.43. The number of aryl methyl sites for hydroxylation is 1. The van der Waals surface area contributed by atoms with Crippen LogP contribution < -0.4 is 5.32 Å². The molecule has 3 rings (SSSR count). The number of nitrogens with one attached hydrogen (secondary N) is 1. The Hall–Kier alpha value is -1.20. The quantitative estimate of drug-likeness (QED) is 0.904. The molecule has 5 heteroatoms. The van der Waals surface area contributed by atoms with Crippen molar-refractivity contribution in [1.82, 2.24) is 20.1 Å². The van der Waals surface area contributed by atoms with Crippen LogP contribution in [0.4, 0.5) is 0 Å². The van der Waals surface area contributed by atoms with Crippen LogP contribution in [0.1, 0.15) is 35.0 Å². The Labute approximate surface area is 105 Å². The summed E-state index contributed by atoms with van der Waals surface area (Å²) in [5.41, 5.74) is 4.65. The van der Waals surface area contributed by atoms with E-state index in [-0.39, 0.29) is 0 Å². The van der Waals surface area contributed by atoms with Crippen LogP contribution in [-0.4, -0.2) is 14.8 Å². The van der Waals surface area contributed by atoms with Crippen LogP contribution in [0, 0.1) is 0 Å². The summed E-state index contributed by atoms with van der Waals surface area (Å²) in [5.74, 6) is 0. The molecule has 2 aromatic rings. The number of nitrogens with zero attached hydrogens (tertiary/aromatic N) is 3. The smallest absolute Gasteiger partial charge is 0.0794 e. The molecule has 1 atom stereocenters. The van der Waals surface area contributed by atoms with Gasteiger partial charge in [0.05, 0.1) is 11.7 Å². The zero-order valence-electron chi connectivity index (χ0n) is 9.89. The molecule has 4 nitrogen and oxygen atoms in total. The van der Waals surface area contributed by atoms with Crippen molar-refractivity contribution < 1.29 is 0 Å². The van der Waals surface area contributed by atoms with E-state index in [4.69, 9.17) is 0 Å². The number of thiazole rings is 1. The van der Waals surface area contributed by atoms with Gasteiger partial charge in [-0.15, -0.1) is 11.3 Å². The van der Waals surface area contributed by atoms with Gasteiger partial charge in [0.2, 0.25) is 0 Å². The number of hydrogen-bond acceptors (Lipinski definition) is 4. The average molecular weight is 248 g/mol. The first kappa shape index (κ1) is 10.9. The van der Waals surface area contributed by atoms with E-state index in [1.165, 1.54) is 29.0 Å². The molecular formula is C12H16N4S. The molecule has 1 aliphatic carbocycles. The maximum atomic E-state index is 4.36. The van der Waals surface area contributed by atoms with Gasteiger partial charge in [-0.25, -0.2) is 0 Å². The molecule has 0 aromatic carbocycles. The third-order valence-electron chi connectivity index (χ3n) is 3.38. The number of hydrogen-bond donors (Lipinski definition) is 1. The second kappa shape index (κ2) is 4.58. The fourth-order valence-electron chi connectivity index (χ4n) is 2.47. The molecule has 1 unspecified atom stereocenters. The highest BCUT2D eigenvalue weighted by molar-refractivity contribution is 7.09. The predicted octanol–water partition coefficient (Wildman–Crippen LogP) is 2.04. The van der Waals surface area contributed by atoms with Gasteiger partial charge in [0, 0.05) is 42.0 Å². The molecule has 0 saturated heterocycles. The summed E-state index contributed by atoms with van der Waals surface area (Å²) in [6.45, 7) is 0.906. The van der Waals surface area contributed by atoms with E-state index in [1.807, 2.05) is 29.6 Å². The summed E-state index contributed by atoms with van der Waals surface area (Å²) in [7, 11) is 2.03. The zero-order valence-corrected chi connectivity index (χ0v) is 10.7. The predicted molar refractivity (Wildman–Crippen MR) is 67.8 cm³/mol. The van der Waals surface area contributed by atoms with E-state index < -0.39 is 0 Å². The van der Waals surface area contributed by atoms with E-state index in [2.05, 4.69) is 15.4 Å². The summed E-state index contributed by atoms with van der Waals surface area (Å²) >= 11 is 1.70. The highest BCUT2D eigenvalue weighted by atomic mass is 32.1. The average Bonchev–Trinajstić information content (AvgIpc) is 2.97. The van der Waals surface area contributed by atoms with Crippen LogP contribution in [0.15, 0.2) is 17.9 Å². The van der Waals surface area contributed by atoms with Crippen molar-refractivity contribution in [2.75, 3.05) is 0 Å². The van der Waals surface area contributed by atoms with Crippen LogP contribution in [-0.2, 0) is 20.0 Å². The zero-order chi connectivity index (χ0) is 11.7. The fraction of sp³-hybridized carbons (Fsp3) is 0.500. The summed E-state index contributed by atoms with van der Waals surface area (Å²) in [4.78, 5) is 5.39. The van der Waals surface area contributed by atoms with Crippen molar-refractivity contribution >= 4 is 11.3 Å². The SMILES string of the molecule is Cn1ncc2c1CCCC2NCc1cncs1. The molecule has 90 valence electrons. The summed E-state index contributed by atoms with van der Waals surface area (Å²) < 4.78 is 2.01. The lowest BCUT2D eigenvalue weighted by molar-refractivity contribution is 0.453. The van der Waals surface area contributed by atoms with Gasteiger partial charge in [-0.2, -0.15) is 5.10 Å². The van der Waals surface area contributed by atoms with Crippen LogP contribution in [0.5, 0.6) is 0 Å². The maximum absolute atomic E-state index is 4.36. The molecule has 2 heterocycles. The molecule has 0 bridgehead atoms. The molecule has 1 N–H and O–H groups in total. The topological polar surface area (TPSA) is 42.7 Å². The van der Waals surface area contributed by atoms with Crippen LogP contribution in [0.2, 0.25) is 0 Å². The first-order valence-electron chi connectivity index (χ1n) is 5.96. The van der Waals surface area contributed by atoms with E-state index in [9.17, 15) is 0 Å². The van der Waals surface area contributed by atoms with Gasteiger partial charge in [-0.05, 0) is 19.3 Å². The van der Waals surface area contributed by atoms with E-state index in [1.54, 1.807) is 11.3 Å². The summed E-state index contributed by atoms with van der Waals surface area (Å²) in [6.07, 6.45) is 7.55. The second-order valence-electron chi connectivity index (χ2n) is 4.46. The van der Waals surface area contributed by atoms with Gasteiger partial charge in [-0.3, -0.25) is 9.67 Å². The number of fused-ring (bicyclic) bond motifs is 1. The Morgan fingerprint density at radius 2 is 2.47 bits per heavy atom. The normalized spacial score (nSPS) is 19.2. The molecule has 2 aromatic heterocycles. The summed E-state index contributed by atoms with van der Waals surface area (Å²) in [6, 6.07) is 0.453. The minimum Gasteiger partial charge on any atom is -0.305 e. The van der Waals surface area contributed by atoms with Crippen LogP contribution in [0.3, 0.4) is 0 Å². The van der Waals surface area contributed by atoms with Gasteiger partial charge in [0.25, 0.3) is 0 Å². The van der Waals surface area contributed by atoms with Gasteiger partial charge >= 0.3 is 0 Å². The van der Waals surface area contributed by atoms with E-state index in [0.29, 0.717) is 6.04 Å². The third kappa shape index (κ3) is 2.12. The summed E-state index contributed by atoms with van der Waals surface area (Å²) in [5, 5.41) is 7.97. The van der Waals surface area contributed by atoms with Gasteiger partial charge in [0.15, 0.2) is 0 Å². The van der Waals surface area contributed by atoms with Gasteiger partial charge < -0.3 is 5.32 Å². The minimum absolute atomic E-state index is 0.453. The molecule has 0 amide bonds. The van der Waals surface area contributed by atoms with Crippen molar-refractivity contribution in [2.24, 2.45) is 7.05 Å². The minimum atomic E-state index is 0.453. The monoisotopic (exact) mass is 248 g/mol. The van der Waals surface area contributed by atoms with Crippen molar-refractivity contribution in [3.63, 3.8) is 0 Å².